The minimum atomic E-state index is -0.265. The van der Waals surface area contributed by atoms with Crippen molar-refractivity contribution in [1.82, 2.24) is 0 Å². The van der Waals surface area contributed by atoms with Gasteiger partial charge < -0.3 is 9.64 Å². The van der Waals surface area contributed by atoms with Crippen LogP contribution in [0.15, 0.2) is 24.3 Å². The zero-order valence-electron chi connectivity index (χ0n) is 11.0. The number of para-hydroxylation sites is 1. The van der Waals surface area contributed by atoms with Gasteiger partial charge in [-0.15, -0.1) is 0 Å². The van der Waals surface area contributed by atoms with Crippen LogP contribution in [0.5, 0.6) is 5.75 Å². The van der Waals surface area contributed by atoms with Gasteiger partial charge >= 0.3 is 0 Å². The molecule has 1 fully saturated rings. The van der Waals surface area contributed by atoms with Gasteiger partial charge in [0.1, 0.15) is 0 Å². The van der Waals surface area contributed by atoms with E-state index in [1.807, 2.05) is 0 Å². The summed E-state index contributed by atoms with van der Waals surface area (Å²) in [6.45, 7) is 4.51. The molecule has 0 bridgehead atoms. The maximum absolute atomic E-state index is 13.3. The number of halogens is 1. The molecule has 2 nitrogen and oxygen atoms in total. The van der Waals surface area contributed by atoms with Gasteiger partial charge in [0.25, 0.3) is 0 Å². The number of unbranched alkanes of at least 4 members (excludes halogenated alkanes) is 1. The molecule has 1 aliphatic heterocycles. The van der Waals surface area contributed by atoms with E-state index in [1.165, 1.54) is 51.4 Å². The lowest BCUT2D eigenvalue weighted by Crippen LogP contribution is -3.12. The molecule has 1 N–H and O–H groups in total. The maximum atomic E-state index is 13.3. The predicted octanol–water partition coefficient (Wildman–Crippen LogP) is 2.05. The molecule has 0 radical (unpaired) electrons. The summed E-state index contributed by atoms with van der Waals surface area (Å²) in [4.78, 5) is 1.73. The fraction of sp³-hybridized carbons (Fsp3) is 0.600. The SMILES string of the molecule is Fc1ccccc1OCCCC[NH+]1CCCCC1. The highest BCUT2D eigenvalue weighted by atomic mass is 19.1. The van der Waals surface area contributed by atoms with Crippen LogP contribution in [-0.2, 0) is 0 Å². The van der Waals surface area contributed by atoms with Gasteiger partial charge in [-0.3, -0.25) is 0 Å². The normalized spacial score (nSPS) is 16.7. The summed E-state index contributed by atoms with van der Waals surface area (Å²) in [6.07, 6.45) is 6.34. The fourth-order valence-corrected chi connectivity index (χ4v) is 2.52. The van der Waals surface area contributed by atoms with Crippen molar-refractivity contribution in [2.75, 3.05) is 26.2 Å². The lowest BCUT2D eigenvalue weighted by atomic mass is 10.1. The third-order valence-corrected chi connectivity index (χ3v) is 3.58. The van der Waals surface area contributed by atoms with Crippen molar-refractivity contribution >= 4 is 0 Å². The number of hydrogen-bond acceptors (Lipinski definition) is 1. The van der Waals surface area contributed by atoms with Gasteiger partial charge in [0, 0.05) is 0 Å². The largest absolute Gasteiger partial charge is 0.491 e. The zero-order valence-corrected chi connectivity index (χ0v) is 11.0. The Kier molecular flexibility index (Phi) is 5.46. The highest BCUT2D eigenvalue weighted by Crippen LogP contribution is 2.15. The molecule has 0 aromatic heterocycles. The first-order chi connectivity index (χ1) is 8.86. The lowest BCUT2D eigenvalue weighted by molar-refractivity contribution is -0.905. The third-order valence-electron chi connectivity index (χ3n) is 3.58. The second kappa shape index (κ2) is 7.37. The Morgan fingerprint density at radius 2 is 1.83 bits per heavy atom. The van der Waals surface area contributed by atoms with Gasteiger partial charge in [-0.25, -0.2) is 4.39 Å². The average Bonchev–Trinajstić information content (AvgIpc) is 2.42. The van der Waals surface area contributed by atoms with Crippen molar-refractivity contribution in [3.8, 4) is 5.75 Å². The Morgan fingerprint density at radius 1 is 1.06 bits per heavy atom. The van der Waals surface area contributed by atoms with Crippen LogP contribution in [0.4, 0.5) is 4.39 Å². The maximum Gasteiger partial charge on any atom is 0.165 e. The fourth-order valence-electron chi connectivity index (χ4n) is 2.52. The Hall–Kier alpha value is -1.09. The molecule has 0 amide bonds. The van der Waals surface area contributed by atoms with E-state index in [2.05, 4.69) is 0 Å². The molecule has 0 aliphatic carbocycles. The van der Waals surface area contributed by atoms with Crippen molar-refractivity contribution in [1.29, 1.82) is 0 Å². The zero-order chi connectivity index (χ0) is 12.6. The van der Waals surface area contributed by atoms with Crippen LogP contribution < -0.4 is 9.64 Å². The summed E-state index contributed by atoms with van der Waals surface area (Å²) in [5, 5.41) is 0. The highest BCUT2D eigenvalue weighted by Gasteiger charge is 2.12. The van der Waals surface area contributed by atoms with Crippen molar-refractivity contribution in [3.05, 3.63) is 30.1 Å². The van der Waals surface area contributed by atoms with Crippen molar-refractivity contribution < 1.29 is 14.0 Å². The molecule has 100 valence electrons. The molecule has 0 saturated carbocycles. The summed E-state index contributed by atoms with van der Waals surface area (Å²) in [5.41, 5.74) is 0. The van der Waals surface area contributed by atoms with E-state index in [0.717, 1.165) is 6.42 Å². The first-order valence-electron chi connectivity index (χ1n) is 7.07. The predicted molar refractivity (Wildman–Crippen MR) is 70.5 cm³/mol. The molecule has 2 rings (SSSR count). The summed E-state index contributed by atoms with van der Waals surface area (Å²) in [7, 11) is 0. The van der Waals surface area contributed by atoms with Gasteiger partial charge in [0.05, 0.1) is 26.2 Å². The smallest absolute Gasteiger partial charge is 0.165 e. The van der Waals surface area contributed by atoms with Gasteiger partial charge in [-0.1, -0.05) is 12.1 Å². The Labute approximate surface area is 109 Å². The minimum Gasteiger partial charge on any atom is -0.491 e. The first kappa shape index (κ1) is 13.3. The van der Waals surface area contributed by atoms with Crippen LogP contribution in [0, 0.1) is 5.82 Å². The molecule has 18 heavy (non-hydrogen) atoms. The number of piperidine rings is 1. The molecular weight excluding hydrogens is 229 g/mol. The molecule has 1 saturated heterocycles. The number of quaternary nitrogens is 1. The second-order valence-electron chi connectivity index (χ2n) is 5.05. The first-order valence-corrected chi connectivity index (χ1v) is 7.07. The molecule has 0 unspecified atom stereocenters. The van der Waals surface area contributed by atoms with Crippen molar-refractivity contribution in [2.45, 2.75) is 32.1 Å². The summed E-state index contributed by atoms with van der Waals surface area (Å²) < 4.78 is 18.7. The molecule has 1 aliphatic rings. The van der Waals surface area contributed by atoms with Crippen LogP contribution >= 0.6 is 0 Å². The summed E-state index contributed by atoms with van der Waals surface area (Å²) >= 11 is 0. The van der Waals surface area contributed by atoms with E-state index < -0.39 is 0 Å². The monoisotopic (exact) mass is 252 g/mol. The van der Waals surface area contributed by atoms with Crippen LogP contribution in [0.3, 0.4) is 0 Å². The topological polar surface area (TPSA) is 13.7 Å². The van der Waals surface area contributed by atoms with Gasteiger partial charge in [0.2, 0.25) is 0 Å². The van der Waals surface area contributed by atoms with Gasteiger partial charge in [-0.2, -0.15) is 0 Å². The van der Waals surface area contributed by atoms with Crippen LogP contribution in [-0.4, -0.2) is 26.2 Å². The molecule has 1 aromatic rings. The number of rotatable bonds is 6. The van der Waals surface area contributed by atoms with Crippen LogP contribution in [0.25, 0.3) is 0 Å². The molecule has 1 aromatic carbocycles. The van der Waals surface area contributed by atoms with Crippen molar-refractivity contribution in [2.24, 2.45) is 0 Å². The number of benzene rings is 1. The van der Waals surface area contributed by atoms with E-state index in [4.69, 9.17) is 4.74 Å². The number of hydrogen-bond donors (Lipinski definition) is 1. The van der Waals surface area contributed by atoms with Crippen LogP contribution in [0.2, 0.25) is 0 Å². The molecular formula is C15H23FNO+. The molecule has 3 heteroatoms. The van der Waals surface area contributed by atoms with E-state index in [-0.39, 0.29) is 5.82 Å². The van der Waals surface area contributed by atoms with E-state index in [0.29, 0.717) is 12.4 Å². The highest BCUT2D eigenvalue weighted by molar-refractivity contribution is 5.23. The molecule has 0 spiro atoms. The standard InChI is InChI=1S/C15H22FNO/c16-14-8-2-3-9-15(14)18-13-7-6-12-17-10-4-1-5-11-17/h2-3,8-9H,1,4-7,10-13H2/p+1. The Morgan fingerprint density at radius 3 is 2.61 bits per heavy atom. The van der Waals surface area contributed by atoms with E-state index in [1.54, 1.807) is 23.1 Å². The van der Waals surface area contributed by atoms with E-state index in [9.17, 15) is 4.39 Å². The molecule has 0 atom stereocenters. The number of likely N-dealkylation sites (tertiary alicyclic amines) is 1. The third kappa shape index (κ3) is 4.30. The number of nitrogens with one attached hydrogen (secondary N) is 1. The Balaban J connectivity index is 1.57. The van der Waals surface area contributed by atoms with E-state index >= 15 is 0 Å². The Bertz CT molecular complexity index is 350. The van der Waals surface area contributed by atoms with Gasteiger partial charge in [-0.05, 0) is 44.2 Å². The number of ether oxygens (including phenoxy) is 1. The quantitative estimate of drug-likeness (QED) is 0.765. The molecule has 1 heterocycles. The van der Waals surface area contributed by atoms with Crippen LogP contribution in [0.1, 0.15) is 32.1 Å². The average molecular weight is 252 g/mol. The summed E-state index contributed by atoms with van der Waals surface area (Å²) in [6, 6.07) is 6.61. The summed E-state index contributed by atoms with van der Waals surface area (Å²) in [5.74, 6) is 0.113. The van der Waals surface area contributed by atoms with Gasteiger partial charge in [0.15, 0.2) is 11.6 Å². The minimum absolute atomic E-state index is 0.265. The van der Waals surface area contributed by atoms with Crippen molar-refractivity contribution in [3.63, 3.8) is 0 Å². The lowest BCUT2D eigenvalue weighted by Gasteiger charge is -2.23. The second-order valence-corrected chi connectivity index (χ2v) is 5.05.